The number of aromatic nitrogens is 2. The minimum absolute atomic E-state index is 0.00910. The minimum Gasteiger partial charge on any atom is -0.476 e. The number of oxime groups is 1. The molecule has 0 amide bonds. The Morgan fingerprint density at radius 3 is 2.24 bits per heavy atom. The summed E-state index contributed by atoms with van der Waals surface area (Å²) in [6.07, 6.45) is 13.6. The van der Waals surface area contributed by atoms with E-state index in [1.807, 2.05) is 28.8 Å². The van der Waals surface area contributed by atoms with Gasteiger partial charge in [0.2, 0.25) is 5.71 Å². The normalized spacial score (nSPS) is 31.9. The highest BCUT2D eigenvalue weighted by Crippen LogP contribution is 2.47. The number of benzene rings is 1. The number of aliphatic carboxylic acids is 1. The average molecular weight is 521 g/mol. The van der Waals surface area contributed by atoms with Gasteiger partial charge in [0.05, 0.1) is 11.0 Å². The van der Waals surface area contributed by atoms with Gasteiger partial charge in [-0.05, 0) is 82.8 Å². The fraction of sp³-hybridized carbons (Fsp3) is 0.667. The molecule has 2 saturated carbocycles. The molecule has 1 aromatic heterocycles. The van der Waals surface area contributed by atoms with E-state index in [4.69, 9.17) is 4.84 Å². The van der Waals surface area contributed by atoms with Crippen molar-refractivity contribution >= 4 is 22.7 Å². The maximum Gasteiger partial charge on any atom is 0.360 e. The summed E-state index contributed by atoms with van der Waals surface area (Å²) in [6.45, 7) is 3.53. The second kappa shape index (κ2) is 10.4. The summed E-state index contributed by atoms with van der Waals surface area (Å²) in [6, 6.07) is 9.18. The minimum atomic E-state index is -1.31. The topological polar surface area (TPSA) is 97.0 Å². The molecule has 3 heterocycles. The van der Waals surface area contributed by atoms with Gasteiger partial charge in [-0.2, -0.15) is 0 Å². The molecule has 2 aliphatic heterocycles. The largest absolute Gasteiger partial charge is 0.476 e. The quantitative estimate of drug-likeness (QED) is 0.419. The summed E-state index contributed by atoms with van der Waals surface area (Å²) in [5, 5.41) is 13.7. The van der Waals surface area contributed by atoms with Crippen LogP contribution in [0.5, 0.6) is 0 Å². The predicted molar refractivity (Wildman–Crippen MR) is 146 cm³/mol. The van der Waals surface area contributed by atoms with Crippen LogP contribution in [0.3, 0.4) is 0 Å². The molecule has 0 spiro atoms. The van der Waals surface area contributed by atoms with E-state index in [2.05, 4.69) is 15.0 Å². The first kappa shape index (κ1) is 25.5. The number of carboxylic acids is 1. The summed E-state index contributed by atoms with van der Waals surface area (Å²) < 4.78 is 1.83. The molecule has 1 N–H and O–H groups in total. The number of rotatable bonds is 6. The van der Waals surface area contributed by atoms with E-state index in [1.54, 1.807) is 13.8 Å². The van der Waals surface area contributed by atoms with Crippen LogP contribution in [0.1, 0.15) is 96.2 Å². The standard InChI is InChI=1S/C30H40N4O4/c1-18(2)38-32-28(30(36)37)27-29(35)34(26-10-6-5-9-25(26)31-27)24-16-21-11-12-22(17-24)33(21)23-14-19-7-3-4-8-20(13-19)15-23/h5-6,9-10,18-24H,3-4,7-8,11-17H2,1-2H3,(H,36,37)/t19?,20?,21-,22+,23?,24?. The third-order valence-electron chi connectivity index (χ3n) is 9.48. The zero-order chi connectivity index (χ0) is 26.4. The van der Waals surface area contributed by atoms with Gasteiger partial charge >= 0.3 is 5.97 Å². The smallest absolute Gasteiger partial charge is 0.360 e. The van der Waals surface area contributed by atoms with Crippen molar-refractivity contribution in [2.75, 3.05) is 0 Å². The van der Waals surface area contributed by atoms with E-state index in [9.17, 15) is 14.7 Å². The highest BCUT2D eigenvalue weighted by molar-refractivity contribution is 6.41. The van der Waals surface area contributed by atoms with Crippen LogP contribution in [0, 0.1) is 11.8 Å². The van der Waals surface area contributed by atoms with Crippen LogP contribution < -0.4 is 5.56 Å². The Kier molecular flexibility index (Phi) is 7.01. The molecule has 4 fully saturated rings. The first-order chi connectivity index (χ1) is 18.4. The van der Waals surface area contributed by atoms with Crippen LogP contribution in [0.15, 0.2) is 34.2 Å². The third kappa shape index (κ3) is 4.76. The number of carboxylic acid groups (broad SMARTS) is 1. The maximum atomic E-state index is 13.9. The molecular weight excluding hydrogens is 480 g/mol. The second-order valence-corrected chi connectivity index (χ2v) is 12.4. The van der Waals surface area contributed by atoms with Crippen LogP contribution >= 0.6 is 0 Å². The van der Waals surface area contributed by atoms with Gasteiger partial charge in [-0.25, -0.2) is 9.78 Å². The summed E-state index contributed by atoms with van der Waals surface area (Å²) in [5.41, 5.74) is 0.388. The van der Waals surface area contributed by atoms with Crippen molar-refractivity contribution in [3.05, 3.63) is 40.3 Å². The van der Waals surface area contributed by atoms with Gasteiger partial charge in [0, 0.05) is 24.2 Å². The molecule has 2 saturated heterocycles. The Balaban J connectivity index is 1.34. The van der Waals surface area contributed by atoms with Crippen molar-refractivity contribution in [2.24, 2.45) is 17.0 Å². The van der Waals surface area contributed by atoms with Crippen molar-refractivity contribution in [2.45, 2.75) is 115 Å². The number of para-hydroxylation sites is 2. The van der Waals surface area contributed by atoms with E-state index < -0.39 is 17.2 Å². The number of hydrogen-bond acceptors (Lipinski definition) is 6. The van der Waals surface area contributed by atoms with E-state index in [0.29, 0.717) is 23.6 Å². The van der Waals surface area contributed by atoms with Crippen molar-refractivity contribution in [1.29, 1.82) is 0 Å². The molecule has 38 heavy (non-hydrogen) atoms. The van der Waals surface area contributed by atoms with Crippen molar-refractivity contribution in [3.63, 3.8) is 0 Å². The fourth-order valence-corrected chi connectivity index (χ4v) is 8.11. The first-order valence-corrected chi connectivity index (χ1v) is 14.6. The van der Waals surface area contributed by atoms with Crippen molar-refractivity contribution < 1.29 is 14.7 Å². The maximum absolute atomic E-state index is 13.9. The molecule has 2 aromatic rings. The van der Waals surface area contributed by atoms with E-state index in [1.165, 1.54) is 57.8 Å². The molecule has 204 valence electrons. The molecule has 8 heteroatoms. The number of carbonyl (C=O) groups is 1. The molecule has 5 atom stereocenters. The number of piperidine rings is 1. The van der Waals surface area contributed by atoms with Gasteiger partial charge in [0.15, 0.2) is 5.69 Å². The van der Waals surface area contributed by atoms with Crippen molar-refractivity contribution in [1.82, 2.24) is 14.5 Å². The lowest BCUT2D eigenvalue weighted by Crippen LogP contribution is -2.52. The Labute approximate surface area is 224 Å². The van der Waals surface area contributed by atoms with Gasteiger partial charge < -0.3 is 14.5 Å². The molecule has 2 aliphatic carbocycles. The van der Waals surface area contributed by atoms with E-state index in [-0.39, 0.29) is 17.8 Å². The van der Waals surface area contributed by atoms with Crippen LogP contribution in [-0.4, -0.2) is 55.5 Å². The summed E-state index contributed by atoms with van der Waals surface area (Å²) in [7, 11) is 0. The first-order valence-electron chi connectivity index (χ1n) is 14.6. The summed E-state index contributed by atoms with van der Waals surface area (Å²) >= 11 is 0. The molecule has 8 nitrogen and oxygen atoms in total. The zero-order valence-corrected chi connectivity index (χ0v) is 22.6. The Bertz CT molecular complexity index is 1260. The van der Waals surface area contributed by atoms with Crippen LogP contribution in [0.2, 0.25) is 0 Å². The molecule has 0 radical (unpaired) electrons. The van der Waals surface area contributed by atoms with Crippen molar-refractivity contribution in [3.8, 4) is 0 Å². The van der Waals surface area contributed by atoms with Crippen LogP contribution in [-0.2, 0) is 9.63 Å². The Morgan fingerprint density at radius 2 is 1.61 bits per heavy atom. The van der Waals surface area contributed by atoms with Crippen LogP contribution in [0.4, 0.5) is 0 Å². The highest BCUT2D eigenvalue weighted by atomic mass is 16.6. The van der Waals surface area contributed by atoms with E-state index in [0.717, 1.165) is 30.2 Å². The lowest BCUT2D eigenvalue weighted by atomic mass is 9.76. The van der Waals surface area contributed by atoms with Gasteiger partial charge in [0.1, 0.15) is 6.10 Å². The third-order valence-corrected chi connectivity index (χ3v) is 9.48. The van der Waals surface area contributed by atoms with Gasteiger partial charge in [-0.3, -0.25) is 9.69 Å². The Hall–Kier alpha value is -2.74. The second-order valence-electron chi connectivity index (χ2n) is 12.4. The van der Waals surface area contributed by atoms with E-state index >= 15 is 0 Å². The molecular formula is C30H40N4O4. The molecule has 1 aromatic carbocycles. The van der Waals surface area contributed by atoms with Gasteiger partial charge in [0.25, 0.3) is 5.56 Å². The highest BCUT2D eigenvalue weighted by Gasteiger charge is 2.47. The number of nitrogens with zero attached hydrogens (tertiary/aromatic N) is 4. The zero-order valence-electron chi connectivity index (χ0n) is 22.6. The van der Waals surface area contributed by atoms with Gasteiger partial charge in [-0.1, -0.05) is 43.0 Å². The van der Waals surface area contributed by atoms with Gasteiger partial charge in [-0.15, -0.1) is 0 Å². The van der Waals surface area contributed by atoms with Crippen LogP contribution in [0.25, 0.3) is 11.0 Å². The molecule has 6 rings (SSSR count). The number of hydrogen-bond donors (Lipinski definition) is 1. The summed E-state index contributed by atoms with van der Waals surface area (Å²) in [5.74, 6) is 0.453. The lowest BCUT2D eigenvalue weighted by Gasteiger charge is -2.48. The molecule has 4 bridgehead atoms. The predicted octanol–water partition coefficient (Wildman–Crippen LogP) is 5.14. The number of fused-ring (bicyclic) bond motifs is 5. The molecule has 3 unspecified atom stereocenters. The SMILES string of the molecule is CC(C)ON=C(C(=O)O)c1nc2ccccc2n(C2C[C@H]3CC[C@@H](C2)N3C2CC3CCCCC(C3)C2)c1=O. The lowest BCUT2D eigenvalue weighted by molar-refractivity contribution is -0.129. The average Bonchev–Trinajstić information content (AvgIpc) is 3.04. The Morgan fingerprint density at radius 1 is 0.947 bits per heavy atom. The summed E-state index contributed by atoms with van der Waals surface area (Å²) in [4.78, 5) is 38.7. The molecule has 4 aliphatic rings. The monoisotopic (exact) mass is 520 g/mol. The fourth-order valence-electron chi connectivity index (χ4n) is 8.11.